The van der Waals surface area contributed by atoms with Crippen LogP contribution >= 0.6 is 0 Å². The predicted molar refractivity (Wildman–Crippen MR) is 120 cm³/mol. The highest BCUT2D eigenvalue weighted by atomic mass is 16.5. The van der Waals surface area contributed by atoms with Gasteiger partial charge in [-0.25, -0.2) is 4.79 Å². The van der Waals surface area contributed by atoms with Crippen LogP contribution in [-0.4, -0.2) is 35.1 Å². The van der Waals surface area contributed by atoms with Crippen LogP contribution in [0.1, 0.15) is 34.2 Å². The van der Waals surface area contributed by atoms with Crippen molar-refractivity contribution in [2.45, 2.75) is 33.9 Å². The quantitative estimate of drug-likeness (QED) is 0.511. The Bertz CT molecular complexity index is 1090. The molecule has 0 aliphatic carbocycles. The summed E-state index contributed by atoms with van der Waals surface area (Å²) in [7, 11) is 1.56. The molecule has 0 spiro atoms. The minimum Gasteiger partial charge on any atom is -0.493 e. The summed E-state index contributed by atoms with van der Waals surface area (Å²) in [6.07, 6.45) is 3.43. The summed E-state index contributed by atoms with van der Waals surface area (Å²) in [5.41, 5.74) is 3.44. The normalized spacial score (nSPS) is 10.5. The third-order valence-corrected chi connectivity index (χ3v) is 4.94. The predicted octanol–water partition coefficient (Wildman–Crippen LogP) is 3.90. The van der Waals surface area contributed by atoms with E-state index in [2.05, 4.69) is 10.3 Å². The molecule has 1 N–H and O–H groups in total. The van der Waals surface area contributed by atoms with Crippen LogP contribution in [0.5, 0.6) is 11.5 Å². The summed E-state index contributed by atoms with van der Waals surface area (Å²) in [6, 6.07) is 10.7. The van der Waals surface area contributed by atoms with E-state index < -0.39 is 5.97 Å². The van der Waals surface area contributed by atoms with Crippen LogP contribution in [0.2, 0.25) is 0 Å². The Kier molecular flexibility index (Phi) is 7.49. The molecule has 8 heteroatoms. The Balaban J connectivity index is 1.70. The molecule has 0 fully saturated rings. The maximum atomic E-state index is 12.7. The van der Waals surface area contributed by atoms with Crippen molar-refractivity contribution in [3.63, 3.8) is 0 Å². The number of carbonyl (C=O) groups is 2. The number of nitrogens with one attached hydrogen (secondary N) is 1. The van der Waals surface area contributed by atoms with Gasteiger partial charge in [0.05, 0.1) is 19.3 Å². The smallest absolute Gasteiger partial charge is 0.339 e. The molecule has 0 aliphatic rings. The SMILES string of the molecule is CCOC(=O)c1cc(C)n(CC(=O)Nc2ccc(OC)c(OCc3cccnc3)c2)c1C. The van der Waals surface area contributed by atoms with Gasteiger partial charge in [0.2, 0.25) is 5.91 Å². The van der Waals surface area contributed by atoms with Gasteiger partial charge >= 0.3 is 5.97 Å². The number of rotatable bonds is 9. The van der Waals surface area contributed by atoms with Crippen molar-refractivity contribution in [1.82, 2.24) is 9.55 Å². The minimum absolute atomic E-state index is 0.0645. The van der Waals surface area contributed by atoms with E-state index in [1.807, 2.05) is 19.1 Å². The zero-order valence-corrected chi connectivity index (χ0v) is 18.7. The molecule has 0 bridgehead atoms. The molecule has 0 saturated heterocycles. The number of pyridine rings is 1. The summed E-state index contributed by atoms with van der Waals surface area (Å²) in [4.78, 5) is 28.9. The second kappa shape index (κ2) is 10.5. The molecular weight excluding hydrogens is 410 g/mol. The maximum Gasteiger partial charge on any atom is 0.339 e. The van der Waals surface area contributed by atoms with Crippen LogP contribution < -0.4 is 14.8 Å². The number of hydrogen-bond donors (Lipinski definition) is 1. The lowest BCUT2D eigenvalue weighted by atomic mass is 10.2. The topological polar surface area (TPSA) is 91.7 Å². The molecule has 3 aromatic rings. The van der Waals surface area contributed by atoms with Crippen LogP contribution in [0.4, 0.5) is 5.69 Å². The largest absolute Gasteiger partial charge is 0.493 e. The van der Waals surface area contributed by atoms with Gasteiger partial charge in [-0.1, -0.05) is 6.07 Å². The van der Waals surface area contributed by atoms with E-state index in [9.17, 15) is 9.59 Å². The summed E-state index contributed by atoms with van der Waals surface area (Å²) in [5.74, 6) is 0.443. The van der Waals surface area contributed by atoms with Crippen LogP contribution in [0.25, 0.3) is 0 Å². The molecule has 32 heavy (non-hydrogen) atoms. The molecule has 2 aromatic heterocycles. The second-order valence-electron chi connectivity index (χ2n) is 7.16. The molecule has 0 aliphatic heterocycles. The molecular formula is C24H27N3O5. The minimum atomic E-state index is -0.391. The highest BCUT2D eigenvalue weighted by Crippen LogP contribution is 2.31. The third kappa shape index (κ3) is 5.46. The Morgan fingerprint density at radius 3 is 2.62 bits per heavy atom. The van der Waals surface area contributed by atoms with Crippen molar-refractivity contribution < 1.29 is 23.8 Å². The van der Waals surface area contributed by atoms with Gasteiger partial charge in [-0.2, -0.15) is 0 Å². The van der Waals surface area contributed by atoms with E-state index in [-0.39, 0.29) is 12.5 Å². The lowest BCUT2D eigenvalue weighted by molar-refractivity contribution is -0.116. The third-order valence-electron chi connectivity index (χ3n) is 4.94. The number of aromatic nitrogens is 2. The van der Waals surface area contributed by atoms with Crippen LogP contribution in [-0.2, 0) is 22.7 Å². The lowest BCUT2D eigenvalue weighted by Gasteiger charge is -2.14. The van der Waals surface area contributed by atoms with Gasteiger partial charge in [-0.15, -0.1) is 0 Å². The standard InChI is InChI=1S/C24H27N3O5/c1-5-31-24(29)20-11-16(2)27(17(20)3)14-23(28)26-19-8-9-21(30-4)22(12-19)32-15-18-7-6-10-25-13-18/h6-13H,5,14-15H2,1-4H3,(H,26,28). The highest BCUT2D eigenvalue weighted by Gasteiger charge is 2.18. The monoisotopic (exact) mass is 437 g/mol. The fraction of sp³-hybridized carbons (Fsp3) is 0.292. The number of anilines is 1. The summed E-state index contributed by atoms with van der Waals surface area (Å²) in [5, 5.41) is 2.87. The zero-order valence-electron chi connectivity index (χ0n) is 18.7. The maximum absolute atomic E-state index is 12.7. The first-order chi connectivity index (χ1) is 15.4. The molecule has 3 rings (SSSR count). The Morgan fingerprint density at radius 1 is 1.12 bits per heavy atom. The van der Waals surface area contributed by atoms with Gasteiger partial charge in [-0.3, -0.25) is 9.78 Å². The van der Waals surface area contributed by atoms with Gasteiger partial charge in [0.1, 0.15) is 13.2 Å². The van der Waals surface area contributed by atoms with Crippen molar-refractivity contribution in [2.24, 2.45) is 0 Å². The highest BCUT2D eigenvalue weighted by molar-refractivity contribution is 5.93. The average molecular weight is 437 g/mol. The van der Waals surface area contributed by atoms with Crippen molar-refractivity contribution in [3.8, 4) is 11.5 Å². The first-order valence-electron chi connectivity index (χ1n) is 10.3. The summed E-state index contributed by atoms with van der Waals surface area (Å²) in [6.45, 7) is 6.08. The zero-order chi connectivity index (χ0) is 23.1. The van der Waals surface area contributed by atoms with E-state index in [1.54, 1.807) is 62.2 Å². The van der Waals surface area contributed by atoms with E-state index in [0.717, 1.165) is 11.3 Å². The summed E-state index contributed by atoms with van der Waals surface area (Å²) < 4.78 is 18.1. The molecule has 2 heterocycles. The van der Waals surface area contributed by atoms with E-state index in [0.29, 0.717) is 41.7 Å². The van der Waals surface area contributed by atoms with Crippen LogP contribution in [0.3, 0.4) is 0 Å². The molecule has 1 aromatic carbocycles. The van der Waals surface area contributed by atoms with Gasteiger partial charge in [0, 0.05) is 41.1 Å². The van der Waals surface area contributed by atoms with Crippen molar-refractivity contribution in [3.05, 3.63) is 71.3 Å². The Hall–Kier alpha value is -3.81. The number of methoxy groups -OCH3 is 1. The number of benzene rings is 1. The number of ether oxygens (including phenoxy) is 3. The average Bonchev–Trinajstić information content (AvgIpc) is 3.07. The summed E-state index contributed by atoms with van der Waals surface area (Å²) >= 11 is 0. The van der Waals surface area contributed by atoms with Crippen molar-refractivity contribution in [1.29, 1.82) is 0 Å². The van der Waals surface area contributed by atoms with Crippen LogP contribution in [0, 0.1) is 13.8 Å². The van der Waals surface area contributed by atoms with Gasteiger partial charge in [0.25, 0.3) is 0 Å². The van der Waals surface area contributed by atoms with E-state index >= 15 is 0 Å². The first kappa shape index (κ1) is 22.9. The van der Waals surface area contributed by atoms with Gasteiger partial charge in [0.15, 0.2) is 11.5 Å². The number of nitrogens with zero attached hydrogens (tertiary/aromatic N) is 2. The number of amides is 1. The number of esters is 1. The molecule has 8 nitrogen and oxygen atoms in total. The molecule has 0 saturated carbocycles. The van der Waals surface area contributed by atoms with Crippen LogP contribution in [0.15, 0.2) is 48.8 Å². The van der Waals surface area contributed by atoms with E-state index in [1.165, 1.54) is 0 Å². The number of aryl methyl sites for hydroxylation is 1. The fourth-order valence-corrected chi connectivity index (χ4v) is 3.32. The molecule has 0 atom stereocenters. The Labute approximate surface area is 187 Å². The van der Waals surface area contributed by atoms with Crippen molar-refractivity contribution >= 4 is 17.6 Å². The van der Waals surface area contributed by atoms with Gasteiger partial charge < -0.3 is 24.1 Å². The van der Waals surface area contributed by atoms with Gasteiger partial charge in [-0.05, 0) is 45.0 Å². The molecule has 0 radical (unpaired) electrons. The molecule has 0 unspecified atom stereocenters. The fourth-order valence-electron chi connectivity index (χ4n) is 3.32. The van der Waals surface area contributed by atoms with Crippen molar-refractivity contribution in [2.75, 3.05) is 19.0 Å². The lowest BCUT2D eigenvalue weighted by Crippen LogP contribution is -2.20. The van der Waals surface area contributed by atoms with E-state index in [4.69, 9.17) is 14.2 Å². The molecule has 1 amide bonds. The number of carbonyl (C=O) groups excluding carboxylic acids is 2. The Morgan fingerprint density at radius 2 is 1.94 bits per heavy atom. The second-order valence-corrected chi connectivity index (χ2v) is 7.16. The molecule has 168 valence electrons. The number of hydrogen-bond acceptors (Lipinski definition) is 6. The first-order valence-corrected chi connectivity index (χ1v) is 10.3.